The Morgan fingerprint density at radius 3 is 2.57 bits per heavy atom. The zero-order valence-electron chi connectivity index (χ0n) is 10.8. The number of hydrogen-bond donors (Lipinski definition) is 1. The molecule has 0 amide bonds. The summed E-state index contributed by atoms with van der Waals surface area (Å²) in [7, 11) is 0. The van der Waals surface area contributed by atoms with E-state index in [1.165, 1.54) is 36.5 Å². The van der Waals surface area contributed by atoms with Crippen molar-refractivity contribution in [3.63, 3.8) is 0 Å². The van der Waals surface area contributed by atoms with Gasteiger partial charge in [-0.05, 0) is 30.2 Å². The van der Waals surface area contributed by atoms with Gasteiger partial charge in [0.05, 0.1) is 10.8 Å². The molecule has 0 saturated heterocycles. The minimum absolute atomic E-state index is 0.0282. The highest BCUT2D eigenvalue weighted by Gasteiger charge is 2.28. The van der Waals surface area contributed by atoms with Gasteiger partial charge in [-0.25, -0.2) is 4.39 Å². The molecule has 1 aromatic heterocycles. The van der Waals surface area contributed by atoms with Gasteiger partial charge in [0, 0.05) is 11.8 Å². The molecule has 7 heteroatoms. The smallest absolute Gasteiger partial charge is 0.311 e. The average Bonchev–Trinajstić information content (AvgIpc) is 2.46. The van der Waals surface area contributed by atoms with Crippen molar-refractivity contribution in [3.8, 4) is 0 Å². The van der Waals surface area contributed by atoms with Crippen LogP contribution in [0.4, 0.5) is 10.1 Å². The molecule has 0 radical (unpaired) electrons. The third-order valence-electron chi connectivity index (χ3n) is 3.06. The molecule has 2 aromatic rings. The number of hydrogen-bond acceptors (Lipinski definition) is 4. The quantitative estimate of drug-likeness (QED) is 0.674. The normalized spacial score (nSPS) is 11.9. The highest BCUT2D eigenvalue weighted by Crippen LogP contribution is 2.28. The number of nitro groups is 1. The molecule has 0 aliphatic rings. The van der Waals surface area contributed by atoms with Crippen molar-refractivity contribution in [2.24, 2.45) is 0 Å². The third kappa shape index (κ3) is 3.38. The van der Waals surface area contributed by atoms with Crippen molar-refractivity contribution in [1.82, 2.24) is 4.98 Å². The lowest BCUT2D eigenvalue weighted by Gasteiger charge is -2.12. The molecule has 2 rings (SSSR count). The monoisotopic (exact) mass is 290 g/mol. The standard InChI is InChI=1S/C14H11FN2O4/c15-10-3-1-9(2-4-10)7-12(14(18)19)11-5-6-16-8-13(11)17(20)21/h1-6,8,12H,7H2,(H,18,19). The van der Waals surface area contributed by atoms with Gasteiger partial charge in [0.2, 0.25) is 0 Å². The van der Waals surface area contributed by atoms with E-state index in [4.69, 9.17) is 0 Å². The minimum atomic E-state index is -1.19. The van der Waals surface area contributed by atoms with Gasteiger partial charge in [-0.15, -0.1) is 0 Å². The van der Waals surface area contributed by atoms with E-state index in [0.717, 1.165) is 6.20 Å². The molecular weight excluding hydrogens is 279 g/mol. The highest BCUT2D eigenvalue weighted by molar-refractivity contribution is 5.78. The van der Waals surface area contributed by atoms with Crippen molar-refractivity contribution < 1.29 is 19.2 Å². The number of halogens is 1. The summed E-state index contributed by atoms with van der Waals surface area (Å²) in [5.41, 5.74) is 0.314. The van der Waals surface area contributed by atoms with Crippen molar-refractivity contribution in [1.29, 1.82) is 0 Å². The topological polar surface area (TPSA) is 93.3 Å². The number of aliphatic carboxylic acids is 1. The van der Waals surface area contributed by atoms with E-state index >= 15 is 0 Å². The fourth-order valence-corrected chi connectivity index (χ4v) is 2.03. The van der Waals surface area contributed by atoms with Crippen LogP contribution in [-0.2, 0) is 11.2 Å². The van der Waals surface area contributed by atoms with Crippen LogP contribution in [0.5, 0.6) is 0 Å². The maximum absolute atomic E-state index is 12.9. The van der Waals surface area contributed by atoms with Gasteiger partial charge < -0.3 is 5.11 Å². The van der Waals surface area contributed by atoms with Crippen LogP contribution in [0.25, 0.3) is 0 Å². The van der Waals surface area contributed by atoms with Crippen molar-refractivity contribution in [3.05, 3.63) is 69.8 Å². The first kappa shape index (κ1) is 14.6. The van der Waals surface area contributed by atoms with Gasteiger partial charge in [0.15, 0.2) is 0 Å². The maximum Gasteiger partial charge on any atom is 0.311 e. The minimum Gasteiger partial charge on any atom is -0.481 e. The Hall–Kier alpha value is -2.83. The van der Waals surface area contributed by atoms with E-state index in [9.17, 15) is 24.4 Å². The lowest BCUT2D eigenvalue weighted by Crippen LogP contribution is -2.16. The fraction of sp³-hybridized carbons (Fsp3) is 0.143. The Balaban J connectivity index is 2.38. The molecule has 1 N–H and O–H groups in total. The van der Waals surface area contributed by atoms with Gasteiger partial charge >= 0.3 is 5.97 Å². The summed E-state index contributed by atoms with van der Waals surface area (Å²) in [5, 5.41) is 20.3. The van der Waals surface area contributed by atoms with Gasteiger partial charge in [-0.3, -0.25) is 19.9 Å². The molecule has 108 valence electrons. The zero-order chi connectivity index (χ0) is 15.4. The molecule has 1 atom stereocenters. The zero-order valence-corrected chi connectivity index (χ0v) is 10.8. The molecule has 21 heavy (non-hydrogen) atoms. The first-order chi connectivity index (χ1) is 9.99. The molecular formula is C14H11FN2O4. The Bertz CT molecular complexity index is 673. The largest absolute Gasteiger partial charge is 0.481 e. The lowest BCUT2D eigenvalue weighted by molar-refractivity contribution is -0.386. The summed E-state index contributed by atoms with van der Waals surface area (Å²) in [6, 6.07) is 6.67. The van der Waals surface area contributed by atoms with Gasteiger partial charge in [0.1, 0.15) is 12.0 Å². The molecule has 0 bridgehead atoms. The summed E-state index contributed by atoms with van der Waals surface area (Å²) >= 11 is 0. The summed E-state index contributed by atoms with van der Waals surface area (Å²) in [6.45, 7) is 0. The van der Waals surface area contributed by atoms with E-state index in [1.54, 1.807) is 0 Å². The summed E-state index contributed by atoms with van der Waals surface area (Å²) in [5.74, 6) is -2.71. The molecule has 6 nitrogen and oxygen atoms in total. The van der Waals surface area contributed by atoms with Crippen molar-refractivity contribution >= 4 is 11.7 Å². The number of aromatic nitrogens is 1. The Labute approximate surface area is 119 Å². The van der Waals surface area contributed by atoms with Crippen LogP contribution < -0.4 is 0 Å². The number of carboxylic acids is 1. The van der Waals surface area contributed by atoms with Crippen LogP contribution >= 0.6 is 0 Å². The lowest BCUT2D eigenvalue weighted by atomic mass is 9.91. The fourth-order valence-electron chi connectivity index (χ4n) is 2.03. The second-order valence-corrected chi connectivity index (χ2v) is 4.41. The summed E-state index contributed by atoms with van der Waals surface area (Å²) < 4.78 is 12.9. The Morgan fingerprint density at radius 2 is 2.00 bits per heavy atom. The van der Waals surface area contributed by atoms with E-state index in [2.05, 4.69) is 4.98 Å². The SMILES string of the molecule is O=C(O)C(Cc1ccc(F)cc1)c1ccncc1[N+](=O)[O-]. The van der Waals surface area contributed by atoms with E-state index < -0.39 is 22.6 Å². The number of carboxylic acid groups (broad SMARTS) is 1. The number of rotatable bonds is 5. The second kappa shape index (κ2) is 6.08. The van der Waals surface area contributed by atoms with Crippen LogP contribution in [0.15, 0.2) is 42.7 Å². The van der Waals surface area contributed by atoms with Crippen molar-refractivity contribution in [2.75, 3.05) is 0 Å². The van der Waals surface area contributed by atoms with Crippen LogP contribution in [0.1, 0.15) is 17.0 Å². The Morgan fingerprint density at radius 1 is 1.33 bits per heavy atom. The summed E-state index contributed by atoms with van der Waals surface area (Å²) in [4.78, 5) is 25.4. The molecule has 0 aliphatic carbocycles. The first-order valence-corrected chi connectivity index (χ1v) is 6.04. The number of pyridine rings is 1. The van der Waals surface area contributed by atoms with Crippen LogP contribution in [0.3, 0.4) is 0 Å². The summed E-state index contributed by atoms with van der Waals surface area (Å²) in [6.07, 6.45) is 2.36. The number of carbonyl (C=O) groups is 1. The van der Waals surface area contributed by atoms with Gasteiger partial charge in [-0.2, -0.15) is 0 Å². The third-order valence-corrected chi connectivity index (χ3v) is 3.06. The molecule has 0 spiro atoms. The predicted molar refractivity (Wildman–Crippen MR) is 71.4 cm³/mol. The molecule has 1 aromatic carbocycles. The molecule has 0 fully saturated rings. The number of benzene rings is 1. The number of nitrogens with zero attached hydrogens (tertiary/aromatic N) is 2. The first-order valence-electron chi connectivity index (χ1n) is 6.04. The molecule has 0 saturated carbocycles. The van der Waals surface area contributed by atoms with Crippen LogP contribution in [0, 0.1) is 15.9 Å². The maximum atomic E-state index is 12.9. The van der Waals surface area contributed by atoms with Gasteiger partial charge in [0.25, 0.3) is 5.69 Å². The highest BCUT2D eigenvalue weighted by atomic mass is 19.1. The van der Waals surface area contributed by atoms with Crippen LogP contribution in [-0.4, -0.2) is 21.0 Å². The Kier molecular flexibility index (Phi) is 4.22. The van der Waals surface area contributed by atoms with Crippen LogP contribution in [0.2, 0.25) is 0 Å². The van der Waals surface area contributed by atoms with Crippen molar-refractivity contribution in [2.45, 2.75) is 12.3 Å². The van der Waals surface area contributed by atoms with E-state index in [-0.39, 0.29) is 17.7 Å². The van der Waals surface area contributed by atoms with Gasteiger partial charge in [-0.1, -0.05) is 12.1 Å². The second-order valence-electron chi connectivity index (χ2n) is 4.41. The molecule has 1 unspecified atom stereocenters. The molecule has 0 aliphatic heterocycles. The molecule has 1 heterocycles. The predicted octanol–water partition coefficient (Wildman–Crippen LogP) is 2.54. The van der Waals surface area contributed by atoms with E-state index in [0.29, 0.717) is 5.56 Å². The van der Waals surface area contributed by atoms with E-state index in [1.807, 2.05) is 0 Å². The average molecular weight is 290 g/mol.